The zero-order valence-corrected chi connectivity index (χ0v) is 19.3. The SMILES string of the molecule is Cc1cccc(CCC(=O)Nc2ccccc2CNC(=O)CCNC(=O)OC(C)(C)C)c1. The van der Waals surface area contributed by atoms with Crippen molar-refractivity contribution >= 4 is 23.6 Å². The Balaban J connectivity index is 1.78. The van der Waals surface area contributed by atoms with Crippen molar-refractivity contribution in [3.8, 4) is 0 Å². The van der Waals surface area contributed by atoms with Gasteiger partial charge in [0.05, 0.1) is 0 Å². The molecule has 172 valence electrons. The van der Waals surface area contributed by atoms with E-state index in [1.165, 1.54) is 5.56 Å². The van der Waals surface area contributed by atoms with E-state index in [0.29, 0.717) is 18.5 Å². The summed E-state index contributed by atoms with van der Waals surface area (Å²) in [5.74, 6) is -0.284. The summed E-state index contributed by atoms with van der Waals surface area (Å²) in [5, 5.41) is 8.31. The number of hydrogen-bond acceptors (Lipinski definition) is 4. The molecule has 0 saturated carbocycles. The molecule has 0 fully saturated rings. The molecule has 3 N–H and O–H groups in total. The average molecular weight is 440 g/mol. The molecule has 0 aliphatic heterocycles. The van der Waals surface area contributed by atoms with Crippen molar-refractivity contribution in [3.05, 3.63) is 65.2 Å². The van der Waals surface area contributed by atoms with Gasteiger partial charge in [-0.2, -0.15) is 0 Å². The fourth-order valence-corrected chi connectivity index (χ4v) is 3.01. The van der Waals surface area contributed by atoms with Gasteiger partial charge in [0.2, 0.25) is 11.8 Å². The number of carbonyl (C=O) groups excluding carboxylic acids is 3. The predicted octanol–water partition coefficient (Wildman–Crippen LogP) is 4.10. The third-order valence-corrected chi connectivity index (χ3v) is 4.51. The van der Waals surface area contributed by atoms with Gasteiger partial charge in [-0.1, -0.05) is 48.0 Å². The van der Waals surface area contributed by atoms with E-state index in [-0.39, 0.29) is 31.3 Å². The van der Waals surface area contributed by atoms with Crippen LogP contribution in [0.2, 0.25) is 0 Å². The minimum absolute atomic E-state index is 0.0770. The predicted molar refractivity (Wildman–Crippen MR) is 125 cm³/mol. The molecule has 0 heterocycles. The summed E-state index contributed by atoms with van der Waals surface area (Å²) < 4.78 is 5.13. The average Bonchev–Trinajstić information content (AvgIpc) is 2.70. The molecule has 2 aromatic carbocycles. The van der Waals surface area contributed by atoms with Crippen molar-refractivity contribution in [2.45, 2.75) is 59.1 Å². The molecular formula is C25H33N3O4. The molecule has 0 aromatic heterocycles. The third-order valence-electron chi connectivity index (χ3n) is 4.51. The molecule has 0 bridgehead atoms. The number of nitrogens with one attached hydrogen (secondary N) is 3. The monoisotopic (exact) mass is 439 g/mol. The summed E-state index contributed by atoms with van der Waals surface area (Å²) in [6.45, 7) is 7.81. The van der Waals surface area contributed by atoms with Crippen LogP contribution in [0, 0.1) is 6.92 Å². The minimum Gasteiger partial charge on any atom is -0.444 e. The van der Waals surface area contributed by atoms with Gasteiger partial charge in [0.1, 0.15) is 5.60 Å². The number of rotatable bonds is 9. The van der Waals surface area contributed by atoms with Gasteiger partial charge in [0.15, 0.2) is 0 Å². The summed E-state index contributed by atoms with van der Waals surface area (Å²) in [4.78, 5) is 36.1. The number of alkyl carbamates (subject to hydrolysis) is 1. The fourth-order valence-electron chi connectivity index (χ4n) is 3.01. The summed E-state index contributed by atoms with van der Waals surface area (Å²) in [5.41, 5.74) is 3.20. The van der Waals surface area contributed by atoms with Crippen molar-refractivity contribution < 1.29 is 19.1 Å². The standard InChI is InChI=1S/C25H33N3O4/c1-18-8-7-9-19(16-18)12-13-23(30)28-21-11-6-5-10-20(21)17-27-22(29)14-15-26-24(31)32-25(2,3)4/h5-11,16H,12-15,17H2,1-4H3,(H,26,31)(H,27,29)(H,28,30). The van der Waals surface area contributed by atoms with Crippen LogP contribution in [-0.2, 0) is 27.3 Å². The molecule has 7 heteroatoms. The van der Waals surface area contributed by atoms with Gasteiger partial charge in [0.25, 0.3) is 0 Å². The second-order valence-corrected chi connectivity index (χ2v) is 8.65. The first kappa shape index (κ1) is 24.9. The number of carbonyl (C=O) groups is 3. The van der Waals surface area contributed by atoms with Crippen LogP contribution in [0.15, 0.2) is 48.5 Å². The quantitative estimate of drug-likeness (QED) is 0.548. The lowest BCUT2D eigenvalue weighted by Crippen LogP contribution is -2.35. The molecule has 0 unspecified atom stereocenters. The summed E-state index contributed by atoms with van der Waals surface area (Å²) in [7, 11) is 0. The molecule has 0 saturated heterocycles. The largest absolute Gasteiger partial charge is 0.444 e. The molecule has 32 heavy (non-hydrogen) atoms. The molecule has 7 nitrogen and oxygen atoms in total. The van der Waals surface area contributed by atoms with E-state index >= 15 is 0 Å². The Morgan fingerprint density at radius 1 is 0.906 bits per heavy atom. The lowest BCUT2D eigenvalue weighted by molar-refractivity contribution is -0.121. The van der Waals surface area contributed by atoms with E-state index in [1.807, 2.05) is 49.4 Å². The van der Waals surface area contributed by atoms with Gasteiger partial charge in [0, 0.05) is 31.6 Å². The maximum Gasteiger partial charge on any atom is 0.407 e. The van der Waals surface area contributed by atoms with Crippen LogP contribution in [0.25, 0.3) is 0 Å². The van der Waals surface area contributed by atoms with Crippen LogP contribution in [-0.4, -0.2) is 30.1 Å². The highest BCUT2D eigenvalue weighted by Gasteiger charge is 2.16. The molecule has 0 spiro atoms. The number of aryl methyl sites for hydroxylation is 2. The zero-order valence-electron chi connectivity index (χ0n) is 19.3. The van der Waals surface area contributed by atoms with Gasteiger partial charge < -0.3 is 20.7 Å². The lowest BCUT2D eigenvalue weighted by Gasteiger charge is -2.19. The van der Waals surface area contributed by atoms with Crippen molar-refractivity contribution in [2.75, 3.05) is 11.9 Å². The van der Waals surface area contributed by atoms with Crippen molar-refractivity contribution in [1.82, 2.24) is 10.6 Å². The smallest absolute Gasteiger partial charge is 0.407 e. The van der Waals surface area contributed by atoms with E-state index in [2.05, 4.69) is 22.0 Å². The molecular weight excluding hydrogens is 406 g/mol. The van der Waals surface area contributed by atoms with Crippen LogP contribution in [0.3, 0.4) is 0 Å². The van der Waals surface area contributed by atoms with Gasteiger partial charge in [-0.15, -0.1) is 0 Å². The molecule has 0 aliphatic rings. The molecule has 2 rings (SSSR count). The van der Waals surface area contributed by atoms with Crippen LogP contribution in [0.1, 0.15) is 50.3 Å². The van der Waals surface area contributed by atoms with Gasteiger partial charge >= 0.3 is 6.09 Å². The molecule has 2 aromatic rings. The van der Waals surface area contributed by atoms with Crippen molar-refractivity contribution in [1.29, 1.82) is 0 Å². The first-order chi connectivity index (χ1) is 15.1. The normalized spacial score (nSPS) is 10.9. The topological polar surface area (TPSA) is 96.5 Å². The zero-order chi connectivity index (χ0) is 23.6. The Kier molecular flexibility index (Phi) is 9.25. The Morgan fingerprint density at radius 3 is 2.38 bits per heavy atom. The second kappa shape index (κ2) is 11.9. The highest BCUT2D eigenvalue weighted by atomic mass is 16.6. The highest BCUT2D eigenvalue weighted by molar-refractivity contribution is 5.91. The number of hydrogen-bond donors (Lipinski definition) is 3. The first-order valence-electron chi connectivity index (χ1n) is 10.8. The van der Waals surface area contributed by atoms with E-state index < -0.39 is 11.7 Å². The van der Waals surface area contributed by atoms with Crippen LogP contribution in [0.4, 0.5) is 10.5 Å². The van der Waals surface area contributed by atoms with Gasteiger partial charge in [-0.3, -0.25) is 9.59 Å². The number of benzene rings is 2. The van der Waals surface area contributed by atoms with Gasteiger partial charge in [-0.05, 0) is 51.3 Å². The number of para-hydroxylation sites is 1. The molecule has 0 aliphatic carbocycles. The van der Waals surface area contributed by atoms with Gasteiger partial charge in [-0.25, -0.2) is 4.79 Å². The van der Waals surface area contributed by atoms with E-state index in [0.717, 1.165) is 11.1 Å². The summed E-state index contributed by atoms with van der Waals surface area (Å²) in [6.07, 6.45) is 0.617. The minimum atomic E-state index is -0.583. The second-order valence-electron chi connectivity index (χ2n) is 8.65. The Morgan fingerprint density at radius 2 is 1.66 bits per heavy atom. The number of amides is 3. The first-order valence-corrected chi connectivity index (χ1v) is 10.8. The summed E-state index contributed by atoms with van der Waals surface area (Å²) >= 11 is 0. The van der Waals surface area contributed by atoms with Crippen LogP contribution >= 0.6 is 0 Å². The van der Waals surface area contributed by atoms with Crippen LogP contribution in [0.5, 0.6) is 0 Å². The number of ether oxygens (including phenoxy) is 1. The lowest BCUT2D eigenvalue weighted by atomic mass is 10.1. The van der Waals surface area contributed by atoms with E-state index in [4.69, 9.17) is 4.74 Å². The highest BCUT2D eigenvalue weighted by Crippen LogP contribution is 2.16. The maximum absolute atomic E-state index is 12.4. The third kappa shape index (κ3) is 9.64. The molecule has 3 amide bonds. The molecule has 0 atom stereocenters. The van der Waals surface area contributed by atoms with E-state index in [1.54, 1.807) is 20.8 Å². The Labute approximate surface area is 189 Å². The molecule has 0 radical (unpaired) electrons. The fraction of sp³-hybridized carbons (Fsp3) is 0.400. The maximum atomic E-state index is 12.4. The van der Waals surface area contributed by atoms with Crippen molar-refractivity contribution in [3.63, 3.8) is 0 Å². The van der Waals surface area contributed by atoms with Crippen molar-refractivity contribution in [2.24, 2.45) is 0 Å². The Bertz CT molecular complexity index is 935. The van der Waals surface area contributed by atoms with Crippen LogP contribution < -0.4 is 16.0 Å². The Hall–Kier alpha value is -3.35. The van der Waals surface area contributed by atoms with E-state index in [9.17, 15) is 14.4 Å². The number of anilines is 1. The summed E-state index contributed by atoms with van der Waals surface area (Å²) in [6, 6.07) is 15.5.